The van der Waals surface area contributed by atoms with E-state index in [2.05, 4.69) is 59.2 Å². The van der Waals surface area contributed by atoms with Crippen molar-refractivity contribution in [2.75, 3.05) is 24.5 Å². The summed E-state index contributed by atoms with van der Waals surface area (Å²) in [5, 5.41) is 3.61. The zero-order valence-electron chi connectivity index (χ0n) is 13.9. The van der Waals surface area contributed by atoms with Crippen LogP contribution in [0.3, 0.4) is 0 Å². The second kappa shape index (κ2) is 7.44. The molecule has 2 aliphatic rings. The fourth-order valence-electron chi connectivity index (χ4n) is 3.62. The Morgan fingerprint density at radius 2 is 1.64 bits per heavy atom. The average Bonchev–Trinajstić information content (AvgIpc) is 2.88. The topological polar surface area (TPSA) is 39.3 Å². The van der Waals surface area contributed by atoms with Crippen LogP contribution in [0, 0.1) is 5.92 Å². The van der Waals surface area contributed by atoms with Crippen molar-refractivity contribution in [1.82, 2.24) is 16.2 Å². The number of hydrazine groups is 1. The molecule has 3 N–H and O–H groups in total. The van der Waals surface area contributed by atoms with Crippen molar-refractivity contribution in [3.63, 3.8) is 0 Å². The number of nitrogens with one attached hydrogen (secondary N) is 3. The van der Waals surface area contributed by atoms with Crippen LogP contribution in [0.25, 0.3) is 0 Å². The summed E-state index contributed by atoms with van der Waals surface area (Å²) >= 11 is 0. The van der Waals surface area contributed by atoms with Gasteiger partial charge >= 0.3 is 0 Å². The zero-order valence-corrected chi connectivity index (χ0v) is 13.9. The van der Waals surface area contributed by atoms with Gasteiger partial charge in [0.15, 0.2) is 0 Å². The first kappa shape index (κ1) is 15.8. The van der Waals surface area contributed by atoms with Gasteiger partial charge in [-0.05, 0) is 50.8 Å². The van der Waals surface area contributed by atoms with Crippen molar-refractivity contribution in [3.8, 4) is 0 Å². The summed E-state index contributed by atoms with van der Waals surface area (Å²) in [5.41, 5.74) is 9.39. The van der Waals surface area contributed by atoms with E-state index in [0.717, 1.165) is 13.1 Å². The molecule has 1 aromatic carbocycles. The number of hydrogen-bond acceptors (Lipinski definition) is 4. The largest absolute Gasteiger partial charge is 0.372 e. The molecule has 22 heavy (non-hydrogen) atoms. The molecule has 122 valence electrons. The van der Waals surface area contributed by atoms with E-state index in [1.54, 1.807) is 0 Å². The summed E-state index contributed by atoms with van der Waals surface area (Å²) in [7, 11) is 0. The van der Waals surface area contributed by atoms with Gasteiger partial charge < -0.3 is 10.2 Å². The molecule has 2 aliphatic heterocycles. The Labute approximate surface area is 134 Å². The van der Waals surface area contributed by atoms with Gasteiger partial charge in [-0.25, -0.2) is 0 Å². The van der Waals surface area contributed by atoms with Gasteiger partial charge in [0, 0.05) is 49.9 Å². The Balaban J connectivity index is 1.46. The van der Waals surface area contributed by atoms with Gasteiger partial charge in [0.05, 0.1) is 0 Å². The van der Waals surface area contributed by atoms with Crippen molar-refractivity contribution >= 4 is 5.69 Å². The minimum atomic E-state index is 0.531. The minimum Gasteiger partial charge on any atom is -0.372 e. The Kier molecular flexibility index (Phi) is 5.34. The smallest absolute Gasteiger partial charge is 0.0366 e. The van der Waals surface area contributed by atoms with E-state index in [4.69, 9.17) is 0 Å². The summed E-state index contributed by atoms with van der Waals surface area (Å²) in [6.45, 7) is 8.93. The maximum Gasteiger partial charge on any atom is 0.0366 e. The molecule has 0 amide bonds. The number of rotatable bonds is 5. The summed E-state index contributed by atoms with van der Waals surface area (Å²) in [5.74, 6) is 0.646. The standard InChI is InChI=1S/C18H30N4/c1-14-18(15(2)21-20-14)13-19-12-16-6-8-17(9-7-16)22-10-4-3-5-11-22/h6-9,14-15,18-21H,3-5,10-13H2,1-2H3. The van der Waals surface area contributed by atoms with Gasteiger partial charge in [-0.15, -0.1) is 0 Å². The van der Waals surface area contributed by atoms with Crippen LogP contribution >= 0.6 is 0 Å². The number of anilines is 1. The molecule has 2 unspecified atom stereocenters. The Bertz CT molecular complexity index is 443. The van der Waals surface area contributed by atoms with Crippen LogP contribution in [-0.2, 0) is 6.54 Å². The highest BCUT2D eigenvalue weighted by molar-refractivity contribution is 5.47. The monoisotopic (exact) mass is 302 g/mol. The van der Waals surface area contributed by atoms with Gasteiger partial charge in [-0.1, -0.05) is 12.1 Å². The normalized spacial score (nSPS) is 29.0. The van der Waals surface area contributed by atoms with Gasteiger partial charge in [-0.3, -0.25) is 10.9 Å². The van der Waals surface area contributed by atoms with Crippen LogP contribution < -0.4 is 21.1 Å². The lowest BCUT2D eigenvalue weighted by atomic mass is 9.97. The molecular formula is C18H30N4. The predicted molar refractivity (Wildman–Crippen MR) is 92.9 cm³/mol. The minimum absolute atomic E-state index is 0.531. The van der Waals surface area contributed by atoms with Gasteiger partial charge in [-0.2, -0.15) is 0 Å². The second-order valence-corrected chi connectivity index (χ2v) is 6.87. The van der Waals surface area contributed by atoms with Crippen LogP contribution in [0.2, 0.25) is 0 Å². The van der Waals surface area contributed by atoms with Crippen molar-refractivity contribution in [2.24, 2.45) is 5.92 Å². The molecular weight excluding hydrogens is 272 g/mol. The van der Waals surface area contributed by atoms with E-state index in [9.17, 15) is 0 Å². The van der Waals surface area contributed by atoms with E-state index in [1.807, 2.05) is 0 Å². The van der Waals surface area contributed by atoms with Crippen molar-refractivity contribution in [1.29, 1.82) is 0 Å². The predicted octanol–water partition coefficient (Wildman–Crippen LogP) is 2.27. The fourth-order valence-corrected chi connectivity index (χ4v) is 3.62. The van der Waals surface area contributed by atoms with E-state index < -0.39 is 0 Å². The van der Waals surface area contributed by atoms with Crippen molar-refractivity contribution in [2.45, 2.75) is 51.7 Å². The summed E-state index contributed by atoms with van der Waals surface area (Å²) in [4.78, 5) is 2.51. The highest BCUT2D eigenvalue weighted by atomic mass is 15.4. The number of piperidine rings is 1. The molecule has 0 radical (unpaired) electrons. The lowest BCUT2D eigenvalue weighted by molar-refractivity contribution is 0.412. The average molecular weight is 302 g/mol. The van der Waals surface area contributed by atoms with Crippen molar-refractivity contribution in [3.05, 3.63) is 29.8 Å². The molecule has 2 heterocycles. The first-order chi connectivity index (χ1) is 10.7. The first-order valence-corrected chi connectivity index (χ1v) is 8.80. The molecule has 0 aromatic heterocycles. The van der Waals surface area contributed by atoms with Gasteiger partial charge in [0.2, 0.25) is 0 Å². The third-order valence-corrected chi connectivity index (χ3v) is 5.19. The highest BCUT2D eigenvalue weighted by Crippen LogP contribution is 2.20. The number of hydrogen-bond donors (Lipinski definition) is 3. The highest BCUT2D eigenvalue weighted by Gasteiger charge is 2.28. The zero-order chi connectivity index (χ0) is 15.4. The molecule has 2 saturated heterocycles. The van der Waals surface area contributed by atoms with Crippen LogP contribution in [0.4, 0.5) is 5.69 Å². The molecule has 4 heteroatoms. The first-order valence-electron chi connectivity index (χ1n) is 8.80. The van der Waals surface area contributed by atoms with Crippen molar-refractivity contribution < 1.29 is 0 Å². The maximum absolute atomic E-state index is 3.61. The molecule has 2 fully saturated rings. The Morgan fingerprint density at radius 3 is 2.27 bits per heavy atom. The van der Waals surface area contributed by atoms with Crippen LogP contribution in [-0.4, -0.2) is 31.7 Å². The third-order valence-electron chi connectivity index (χ3n) is 5.19. The maximum atomic E-state index is 3.61. The van der Waals surface area contributed by atoms with Gasteiger partial charge in [0.1, 0.15) is 0 Å². The summed E-state index contributed by atoms with van der Waals surface area (Å²) in [6.07, 6.45) is 4.06. The molecule has 0 spiro atoms. The van der Waals surface area contributed by atoms with Gasteiger partial charge in [0.25, 0.3) is 0 Å². The van der Waals surface area contributed by atoms with Crippen LogP contribution in [0.5, 0.6) is 0 Å². The Morgan fingerprint density at radius 1 is 1.00 bits per heavy atom. The Hall–Kier alpha value is -1.10. The molecule has 0 bridgehead atoms. The second-order valence-electron chi connectivity index (χ2n) is 6.87. The third kappa shape index (κ3) is 3.80. The quantitative estimate of drug-likeness (QED) is 0.780. The molecule has 2 atom stereocenters. The van der Waals surface area contributed by atoms with E-state index in [0.29, 0.717) is 18.0 Å². The number of benzene rings is 1. The molecule has 4 nitrogen and oxygen atoms in total. The van der Waals surface area contributed by atoms with E-state index in [1.165, 1.54) is 43.6 Å². The van der Waals surface area contributed by atoms with Crippen LogP contribution in [0.15, 0.2) is 24.3 Å². The summed E-state index contributed by atoms with van der Waals surface area (Å²) in [6, 6.07) is 10.2. The molecule has 3 rings (SSSR count). The summed E-state index contributed by atoms with van der Waals surface area (Å²) < 4.78 is 0. The SMILES string of the molecule is CC1NNC(C)C1CNCc1ccc(N2CCCCC2)cc1. The van der Waals surface area contributed by atoms with E-state index >= 15 is 0 Å². The fraction of sp³-hybridized carbons (Fsp3) is 0.667. The molecule has 1 aromatic rings. The van der Waals surface area contributed by atoms with Crippen LogP contribution in [0.1, 0.15) is 38.7 Å². The lowest BCUT2D eigenvalue weighted by Crippen LogP contribution is -2.33. The lowest BCUT2D eigenvalue weighted by Gasteiger charge is -2.28. The molecule has 0 aliphatic carbocycles. The molecule has 0 saturated carbocycles. The number of nitrogens with zero attached hydrogens (tertiary/aromatic N) is 1. The van der Waals surface area contributed by atoms with E-state index in [-0.39, 0.29) is 0 Å².